The van der Waals surface area contributed by atoms with Crippen molar-refractivity contribution in [3.8, 4) is 11.3 Å². The zero-order valence-electron chi connectivity index (χ0n) is 11.9. The van der Waals surface area contributed by atoms with Crippen LogP contribution in [0.4, 0.5) is 0 Å². The maximum Gasteiger partial charge on any atom is 0.141 e. The molecule has 1 heterocycles. The van der Waals surface area contributed by atoms with Gasteiger partial charge in [-0.25, -0.2) is 4.79 Å². The van der Waals surface area contributed by atoms with E-state index in [0.717, 1.165) is 32.8 Å². The van der Waals surface area contributed by atoms with E-state index in [-0.39, 0.29) is 5.92 Å². The van der Waals surface area contributed by atoms with Crippen LogP contribution in [0.25, 0.3) is 22.6 Å². The first-order valence-electron chi connectivity index (χ1n) is 7.07. The van der Waals surface area contributed by atoms with Crippen LogP contribution in [0, 0.1) is 5.92 Å². The topological polar surface area (TPSA) is 55.0 Å². The van der Waals surface area contributed by atoms with Crippen molar-refractivity contribution in [1.82, 2.24) is 10.2 Å². The van der Waals surface area contributed by atoms with E-state index in [0.29, 0.717) is 17.9 Å². The van der Waals surface area contributed by atoms with Gasteiger partial charge in [-0.15, -0.1) is 0 Å². The standard InChI is InChI=1S/C17H14N2O2/c1-3-21-17-11-6-4-5-10-15(11)14(9(2)13(17)8-20)12-7-18-19-16(10)12/h4-7,9H,3H2,1-2H3,(H,18,19). The van der Waals surface area contributed by atoms with Crippen molar-refractivity contribution in [2.24, 2.45) is 5.92 Å². The van der Waals surface area contributed by atoms with Gasteiger partial charge in [0.05, 0.1) is 24.1 Å². The van der Waals surface area contributed by atoms with Crippen LogP contribution in [0.5, 0.6) is 0 Å². The van der Waals surface area contributed by atoms with E-state index in [2.05, 4.69) is 22.2 Å². The second-order valence-corrected chi connectivity index (χ2v) is 5.30. The minimum Gasteiger partial charge on any atom is -0.492 e. The molecule has 4 nitrogen and oxygen atoms in total. The Balaban J connectivity index is 2.24. The van der Waals surface area contributed by atoms with E-state index in [9.17, 15) is 4.79 Å². The van der Waals surface area contributed by atoms with Crippen LogP contribution < -0.4 is 10.4 Å². The Labute approximate surface area is 121 Å². The number of aromatic nitrogens is 2. The molecule has 0 saturated carbocycles. The number of aromatic amines is 1. The van der Waals surface area contributed by atoms with Gasteiger partial charge in [-0.3, -0.25) is 5.10 Å². The van der Waals surface area contributed by atoms with Gasteiger partial charge in [0.1, 0.15) is 11.7 Å². The minimum absolute atomic E-state index is 0.0449. The fourth-order valence-corrected chi connectivity index (χ4v) is 3.44. The number of fused-ring (bicyclic) bond motifs is 3. The van der Waals surface area contributed by atoms with E-state index in [4.69, 9.17) is 4.74 Å². The molecule has 1 N–H and O–H groups in total. The third-order valence-corrected chi connectivity index (χ3v) is 4.29. The van der Waals surface area contributed by atoms with Crippen molar-refractivity contribution in [3.63, 3.8) is 0 Å². The summed E-state index contributed by atoms with van der Waals surface area (Å²) in [7, 11) is 0. The molecule has 1 aromatic carbocycles. The van der Waals surface area contributed by atoms with Crippen molar-refractivity contribution < 1.29 is 9.53 Å². The smallest absolute Gasteiger partial charge is 0.141 e. The third-order valence-electron chi connectivity index (χ3n) is 4.29. The summed E-state index contributed by atoms with van der Waals surface area (Å²) in [6, 6.07) is 6.07. The van der Waals surface area contributed by atoms with Crippen molar-refractivity contribution in [3.05, 3.63) is 46.0 Å². The van der Waals surface area contributed by atoms with E-state index < -0.39 is 0 Å². The lowest BCUT2D eigenvalue weighted by atomic mass is 9.84. The second-order valence-electron chi connectivity index (χ2n) is 5.30. The Morgan fingerprint density at radius 1 is 1.38 bits per heavy atom. The highest BCUT2D eigenvalue weighted by atomic mass is 16.5. The number of carbonyl (C=O) groups excluding carboxylic acids is 1. The number of ether oxygens (including phenoxy) is 1. The summed E-state index contributed by atoms with van der Waals surface area (Å²) in [5.41, 5.74) is 4.96. The van der Waals surface area contributed by atoms with Crippen molar-refractivity contribution in [1.29, 1.82) is 0 Å². The molecule has 104 valence electrons. The largest absolute Gasteiger partial charge is 0.492 e. The van der Waals surface area contributed by atoms with Gasteiger partial charge in [0.25, 0.3) is 0 Å². The molecule has 0 amide bonds. The molecule has 2 aliphatic rings. The maximum atomic E-state index is 11.5. The molecule has 1 unspecified atom stereocenters. The van der Waals surface area contributed by atoms with Crippen LogP contribution in [0.15, 0.2) is 30.0 Å². The molecule has 0 fully saturated rings. The van der Waals surface area contributed by atoms with Gasteiger partial charge in [0.2, 0.25) is 0 Å². The minimum atomic E-state index is -0.0449. The van der Waals surface area contributed by atoms with Crippen molar-refractivity contribution in [2.75, 3.05) is 6.61 Å². The Morgan fingerprint density at radius 3 is 3.00 bits per heavy atom. The molecule has 2 aliphatic carbocycles. The van der Waals surface area contributed by atoms with Gasteiger partial charge in [0.15, 0.2) is 0 Å². The molecular formula is C17H14N2O2. The van der Waals surface area contributed by atoms with Crippen LogP contribution >= 0.6 is 0 Å². The number of hydrogen-bond acceptors (Lipinski definition) is 3. The SMILES string of the molecule is CCOC1=c2cccc3c2=C(c2cn[nH]c2-3)C(C)C1=C=O. The van der Waals surface area contributed by atoms with Gasteiger partial charge in [0, 0.05) is 22.3 Å². The predicted octanol–water partition coefficient (Wildman–Crippen LogP) is 1.14. The fourth-order valence-electron chi connectivity index (χ4n) is 3.44. The molecule has 0 saturated heterocycles. The molecule has 21 heavy (non-hydrogen) atoms. The van der Waals surface area contributed by atoms with Crippen LogP contribution in [-0.4, -0.2) is 22.7 Å². The molecule has 1 aromatic heterocycles. The van der Waals surface area contributed by atoms with Crippen LogP contribution in [0.2, 0.25) is 0 Å². The quantitative estimate of drug-likeness (QED) is 0.838. The third kappa shape index (κ3) is 1.40. The zero-order valence-corrected chi connectivity index (χ0v) is 11.9. The molecule has 0 aliphatic heterocycles. The van der Waals surface area contributed by atoms with Crippen LogP contribution in [-0.2, 0) is 9.53 Å². The lowest BCUT2D eigenvalue weighted by Gasteiger charge is -2.21. The predicted molar refractivity (Wildman–Crippen MR) is 79.2 cm³/mol. The van der Waals surface area contributed by atoms with Gasteiger partial charge in [-0.05, 0) is 17.7 Å². The van der Waals surface area contributed by atoms with E-state index in [1.165, 1.54) is 0 Å². The summed E-state index contributed by atoms with van der Waals surface area (Å²) in [6.07, 6.45) is 1.83. The lowest BCUT2D eigenvalue weighted by Crippen LogP contribution is -2.36. The van der Waals surface area contributed by atoms with E-state index >= 15 is 0 Å². The number of rotatable bonds is 2. The molecular weight excluding hydrogens is 264 g/mol. The van der Waals surface area contributed by atoms with Gasteiger partial charge >= 0.3 is 0 Å². The first-order valence-corrected chi connectivity index (χ1v) is 7.07. The van der Waals surface area contributed by atoms with Crippen molar-refractivity contribution >= 4 is 17.3 Å². The number of benzene rings is 1. The molecule has 1 atom stereocenters. The average Bonchev–Trinajstić information content (AvgIpc) is 3.06. The highest BCUT2D eigenvalue weighted by Gasteiger charge is 2.33. The van der Waals surface area contributed by atoms with Crippen molar-refractivity contribution in [2.45, 2.75) is 13.8 Å². The number of hydrogen-bond donors (Lipinski definition) is 1. The highest BCUT2D eigenvalue weighted by molar-refractivity contribution is 5.94. The summed E-state index contributed by atoms with van der Waals surface area (Å²) < 4.78 is 5.77. The second kappa shape index (κ2) is 4.21. The normalized spacial score (nSPS) is 18.4. The van der Waals surface area contributed by atoms with Gasteiger partial charge in [-0.2, -0.15) is 5.10 Å². The Morgan fingerprint density at radius 2 is 2.24 bits per heavy atom. The summed E-state index contributed by atoms with van der Waals surface area (Å²) >= 11 is 0. The zero-order chi connectivity index (χ0) is 14.6. The molecule has 4 heteroatoms. The van der Waals surface area contributed by atoms with E-state index in [1.807, 2.05) is 32.2 Å². The fraction of sp³-hybridized carbons (Fsp3) is 0.235. The average molecular weight is 278 g/mol. The Hall–Kier alpha value is -2.58. The van der Waals surface area contributed by atoms with Gasteiger partial charge in [-0.1, -0.05) is 25.1 Å². The first kappa shape index (κ1) is 12.2. The summed E-state index contributed by atoms with van der Waals surface area (Å²) in [5, 5.41) is 9.35. The molecule has 0 radical (unpaired) electrons. The Kier molecular flexibility index (Phi) is 2.44. The maximum absolute atomic E-state index is 11.5. The van der Waals surface area contributed by atoms with Gasteiger partial charge < -0.3 is 4.74 Å². The summed E-state index contributed by atoms with van der Waals surface area (Å²) in [5.74, 6) is 2.71. The molecule has 0 bridgehead atoms. The van der Waals surface area contributed by atoms with Crippen LogP contribution in [0.3, 0.4) is 0 Å². The summed E-state index contributed by atoms with van der Waals surface area (Å²) in [6.45, 7) is 4.48. The summed E-state index contributed by atoms with van der Waals surface area (Å²) in [4.78, 5) is 11.5. The number of nitrogens with one attached hydrogen (secondary N) is 1. The monoisotopic (exact) mass is 278 g/mol. The lowest BCUT2D eigenvalue weighted by molar-refractivity contribution is 0.291. The first-order chi connectivity index (χ1) is 10.3. The molecule has 4 rings (SSSR count). The Bertz CT molecular complexity index is 930. The number of nitrogens with zero attached hydrogens (tertiary/aromatic N) is 1. The number of H-pyrrole nitrogens is 1. The molecule has 0 spiro atoms. The highest BCUT2D eigenvalue weighted by Crippen LogP contribution is 2.39. The molecule has 2 aromatic rings. The van der Waals surface area contributed by atoms with Crippen LogP contribution in [0.1, 0.15) is 19.4 Å². The van der Waals surface area contributed by atoms with E-state index in [1.54, 1.807) is 0 Å².